The van der Waals surface area contributed by atoms with Crippen molar-refractivity contribution >= 4 is 0 Å². The van der Waals surface area contributed by atoms with Crippen molar-refractivity contribution in [1.82, 2.24) is 9.97 Å². The summed E-state index contributed by atoms with van der Waals surface area (Å²) in [5.41, 5.74) is 6.84. The molecule has 5 nitrogen and oxygen atoms in total. The van der Waals surface area contributed by atoms with Crippen LogP contribution in [0, 0.1) is 12.3 Å². The van der Waals surface area contributed by atoms with Crippen molar-refractivity contribution in [3.05, 3.63) is 27.4 Å². The summed E-state index contributed by atoms with van der Waals surface area (Å²) < 4.78 is 0. The molecule has 1 rings (SSSR count). The highest BCUT2D eigenvalue weighted by atomic mass is 16.3. The summed E-state index contributed by atoms with van der Waals surface area (Å²) in [5, 5.41) is 8.87. The number of nitrogens with one attached hydrogen (secondary N) is 1. The fourth-order valence-corrected chi connectivity index (χ4v) is 1.60. The monoisotopic (exact) mass is 239 g/mol. The van der Waals surface area contributed by atoms with Crippen LogP contribution in [0.1, 0.15) is 43.9 Å². The van der Waals surface area contributed by atoms with E-state index in [1.54, 1.807) is 6.92 Å². The van der Waals surface area contributed by atoms with Crippen LogP contribution in [-0.2, 0) is 6.42 Å². The van der Waals surface area contributed by atoms with Crippen molar-refractivity contribution in [3.63, 3.8) is 0 Å². The van der Waals surface area contributed by atoms with Gasteiger partial charge in [0, 0.05) is 24.3 Å². The molecule has 4 N–H and O–H groups in total. The van der Waals surface area contributed by atoms with E-state index in [0.717, 1.165) is 0 Å². The van der Waals surface area contributed by atoms with Gasteiger partial charge in [-0.3, -0.25) is 4.79 Å². The second kappa shape index (κ2) is 4.98. The number of H-pyrrole nitrogens is 1. The molecule has 1 heterocycles. The van der Waals surface area contributed by atoms with Gasteiger partial charge in [0.15, 0.2) is 0 Å². The maximum atomic E-state index is 11.8. The zero-order chi connectivity index (χ0) is 13.2. The molecule has 0 aliphatic rings. The van der Waals surface area contributed by atoms with Gasteiger partial charge in [0.05, 0.1) is 6.04 Å². The molecule has 0 radical (unpaired) electrons. The van der Waals surface area contributed by atoms with E-state index in [4.69, 9.17) is 10.8 Å². The summed E-state index contributed by atoms with van der Waals surface area (Å²) in [6, 6.07) is -0.322. The van der Waals surface area contributed by atoms with Crippen molar-refractivity contribution in [2.75, 3.05) is 6.61 Å². The third-order valence-electron chi connectivity index (χ3n) is 2.83. The first-order valence-corrected chi connectivity index (χ1v) is 5.73. The van der Waals surface area contributed by atoms with Gasteiger partial charge in [0.1, 0.15) is 5.82 Å². The maximum Gasteiger partial charge on any atom is 0.254 e. The molecule has 1 aromatic rings. The quantitative estimate of drug-likeness (QED) is 0.722. The largest absolute Gasteiger partial charge is 0.396 e. The predicted molar refractivity (Wildman–Crippen MR) is 66.8 cm³/mol. The first kappa shape index (κ1) is 13.9. The molecule has 0 aromatic carbocycles. The Bertz CT molecular complexity index is 446. The van der Waals surface area contributed by atoms with E-state index in [0.29, 0.717) is 23.5 Å². The van der Waals surface area contributed by atoms with Gasteiger partial charge in [-0.15, -0.1) is 0 Å². The van der Waals surface area contributed by atoms with E-state index in [9.17, 15) is 4.79 Å². The highest BCUT2D eigenvalue weighted by Crippen LogP contribution is 2.27. The fourth-order valence-electron chi connectivity index (χ4n) is 1.60. The molecule has 1 aromatic heterocycles. The van der Waals surface area contributed by atoms with E-state index in [-0.39, 0.29) is 23.6 Å². The summed E-state index contributed by atoms with van der Waals surface area (Å²) in [4.78, 5) is 18.9. The third kappa shape index (κ3) is 3.14. The van der Waals surface area contributed by atoms with Crippen molar-refractivity contribution in [2.45, 2.75) is 40.2 Å². The van der Waals surface area contributed by atoms with Crippen LogP contribution in [-0.4, -0.2) is 21.7 Å². The first-order chi connectivity index (χ1) is 7.77. The molecule has 0 saturated carbocycles. The third-order valence-corrected chi connectivity index (χ3v) is 2.83. The Labute approximate surface area is 101 Å². The molecule has 0 fully saturated rings. The number of nitrogens with zero attached hydrogens (tertiary/aromatic N) is 1. The van der Waals surface area contributed by atoms with Crippen LogP contribution in [0.4, 0.5) is 0 Å². The van der Waals surface area contributed by atoms with Gasteiger partial charge in [-0.1, -0.05) is 20.8 Å². The summed E-state index contributed by atoms with van der Waals surface area (Å²) in [5.74, 6) is 0.502. The van der Waals surface area contributed by atoms with Crippen LogP contribution in [0.2, 0.25) is 0 Å². The predicted octanol–water partition coefficient (Wildman–Crippen LogP) is 0.659. The Balaban J connectivity index is 3.19. The Morgan fingerprint density at radius 3 is 2.47 bits per heavy atom. The van der Waals surface area contributed by atoms with Crippen molar-refractivity contribution in [2.24, 2.45) is 11.1 Å². The van der Waals surface area contributed by atoms with Gasteiger partial charge in [-0.2, -0.15) is 0 Å². The summed E-state index contributed by atoms with van der Waals surface area (Å²) in [6.07, 6.45) is 0.319. The minimum Gasteiger partial charge on any atom is -0.396 e. The van der Waals surface area contributed by atoms with Crippen LogP contribution in [0.5, 0.6) is 0 Å². The van der Waals surface area contributed by atoms with Gasteiger partial charge >= 0.3 is 0 Å². The van der Waals surface area contributed by atoms with Gasteiger partial charge < -0.3 is 15.8 Å². The van der Waals surface area contributed by atoms with Gasteiger partial charge in [0.25, 0.3) is 5.56 Å². The van der Waals surface area contributed by atoms with Crippen LogP contribution < -0.4 is 11.3 Å². The molecule has 1 unspecified atom stereocenters. The number of aromatic nitrogens is 2. The summed E-state index contributed by atoms with van der Waals surface area (Å²) in [6.45, 7) is 7.69. The molecule has 1 atom stereocenters. The molecule has 0 aliphatic carbocycles. The molecule has 96 valence electrons. The zero-order valence-corrected chi connectivity index (χ0v) is 10.9. The lowest BCUT2D eigenvalue weighted by molar-refractivity contribution is 0.297. The van der Waals surface area contributed by atoms with Crippen LogP contribution in [0.25, 0.3) is 0 Å². The van der Waals surface area contributed by atoms with Crippen LogP contribution in [0.3, 0.4) is 0 Å². The minimum absolute atomic E-state index is 0.0593. The van der Waals surface area contributed by atoms with Crippen molar-refractivity contribution < 1.29 is 5.11 Å². The summed E-state index contributed by atoms with van der Waals surface area (Å²) >= 11 is 0. The van der Waals surface area contributed by atoms with Gasteiger partial charge in [-0.05, 0) is 12.3 Å². The van der Waals surface area contributed by atoms with Gasteiger partial charge in [-0.25, -0.2) is 4.98 Å². The highest BCUT2D eigenvalue weighted by Gasteiger charge is 2.25. The molecule has 0 spiro atoms. The second-order valence-corrected chi connectivity index (χ2v) is 5.33. The highest BCUT2D eigenvalue weighted by molar-refractivity contribution is 5.18. The first-order valence-electron chi connectivity index (χ1n) is 5.73. The average molecular weight is 239 g/mol. The van der Waals surface area contributed by atoms with Gasteiger partial charge in [0.2, 0.25) is 0 Å². The number of hydrogen-bond acceptors (Lipinski definition) is 4. The molecule has 17 heavy (non-hydrogen) atoms. The maximum absolute atomic E-state index is 11.8. The molecular formula is C12H21N3O2. The molecule has 0 aliphatic heterocycles. The van der Waals surface area contributed by atoms with E-state index < -0.39 is 0 Å². The average Bonchev–Trinajstić information content (AvgIpc) is 2.20. The smallest absolute Gasteiger partial charge is 0.254 e. The van der Waals surface area contributed by atoms with Crippen LogP contribution >= 0.6 is 0 Å². The molecule has 0 saturated heterocycles. The number of aliphatic hydroxyl groups is 1. The normalized spacial score (nSPS) is 13.8. The molecule has 5 heteroatoms. The van der Waals surface area contributed by atoms with E-state index >= 15 is 0 Å². The number of aromatic amines is 1. The van der Waals surface area contributed by atoms with E-state index in [1.165, 1.54) is 0 Å². The van der Waals surface area contributed by atoms with Crippen molar-refractivity contribution in [3.8, 4) is 0 Å². The number of rotatable bonds is 3. The van der Waals surface area contributed by atoms with E-state index in [2.05, 4.69) is 9.97 Å². The van der Waals surface area contributed by atoms with Crippen LogP contribution in [0.15, 0.2) is 4.79 Å². The minimum atomic E-state index is -0.322. The fraction of sp³-hybridized carbons (Fsp3) is 0.667. The van der Waals surface area contributed by atoms with E-state index in [1.807, 2.05) is 20.8 Å². The topological polar surface area (TPSA) is 92.0 Å². The Kier molecular flexibility index (Phi) is 4.06. The zero-order valence-electron chi connectivity index (χ0n) is 10.9. The lowest BCUT2D eigenvalue weighted by atomic mass is 9.87. The number of aryl methyl sites for hydroxylation is 1. The lowest BCUT2D eigenvalue weighted by Gasteiger charge is -2.26. The standard InChI is InChI=1S/C12H21N3O2/c1-7-8(5-6-16)11(17)15-10(14-7)9(13)12(2,3)4/h9,16H,5-6,13H2,1-4H3,(H,14,15,17). The molecular weight excluding hydrogens is 218 g/mol. The number of aliphatic hydroxyl groups excluding tert-OH is 1. The number of nitrogens with two attached hydrogens (primary N) is 1. The SMILES string of the molecule is Cc1nc(C(N)C(C)(C)C)[nH]c(=O)c1CCO. The molecule has 0 amide bonds. The van der Waals surface area contributed by atoms with Crippen molar-refractivity contribution in [1.29, 1.82) is 0 Å². The Hall–Kier alpha value is -1.20. The Morgan fingerprint density at radius 1 is 1.47 bits per heavy atom. The second-order valence-electron chi connectivity index (χ2n) is 5.33. The number of hydrogen-bond donors (Lipinski definition) is 3. The summed E-state index contributed by atoms with van der Waals surface area (Å²) in [7, 11) is 0. The molecule has 0 bridgehead atoms. The Morgan fingerprint density at radius 2 is 2.06 bits per heavy atom. The lowest BCUT2D eigenvalue weighted by Crippen LogP contribution is -2.31.